The van der Waals surface area contributed by atoms with E-state index in [4.69, 9.17) is 0 Å². The van der Waals surface area contributed by atoms with Crippen molar-refractivity contribution in [2.75, 3.05) is 4.90 Å². The molecular formula is C54H34N2S2. The van der Waals surface area contributed by atoms with Gasteiger partial charge in [-0.1, -0.05) is 140 Å². The third kappa shape index (κ3) is 5.16. The molecule has 0 saturated carbocycles. The largest absolute Gasteiger partial charge is 0.308 e. The minimum atomic E-state index is 1.11. The molecular weight excluding hydrogens is 741 g/mol. The maximum absolute atomic E-state index is 2.59. The van der Waals surface area contributed by atoms with Gasteiger partial charge in [-0.05, 0) is 83.4 Å². The summed E-state index contributed by atoms with van der Waals surface area (Å²) in [6, 6.07) is 75.7. The number of hydrogen-bond acceptors (Lipinski definition) is 3. The number of aromatic nitrogens is 1. The molecule has 0 radical (unpaired) electrons. The molecule has 4 heteroatoms. The maximum Gasteiger partial charge on any atom is 0.0783 e. The molecule has 0 bridgehead atoms. The Hall–Kier alpha value is -6.98. The van der Waals surface area contributed by atoms with Crippen LogP contribution in [0.2, 0.25) is 0 Å². The van der Waals surface area contributed by atoms with Gasteiger partial charge >= 0.3 is 0 Å². The summed E-state index contributed by atoms with van der Waals surface area (Å²) >= 11 is 3.74. The highest BCUT2D eigenvalue weighted by molar-refractivity contribution is 7.26. The van der Waals surface area contributed by atoms with Crippen LogP contribution in [-0.2, 0) is 0 Å². The first-order valence-corrected chi connectivity index (χ1v) is 21.3. The van der Waals surface area contributed by atoms with Crippen LogP contribution in [0.1, 0.15) is 0 Å². The Morgan fingerprint density at radius 2 is 0.948 bits per heavy atom. The lowest BCUT2D eigenvalue weighted by atomic mass is 9.95. The van der Waals surface area contributed by atoms with E-state index in [0.717, 1.165) is 17.1 Å². The lowest BCUT2D eigenvalue weighted by Crippen LogP contribution is -2.11. The standard InChI is InChI=1S/C54H34N2S2/c1-4-16-35(17-5-1)37-32-44(36-18-6-2-7-19-36)52-46(33-37)42-24-14-26-47(53(42)56(52)48-27-15-25-43-40-22-10-13-29-50(40)58-54(43)48)55(38-20-8-3-9-21-38)39-30-31-51-45(34-39)41-23-11-12-28-49(41)57-51/h1-34H. The highest BCUT2D eigenvalue weighted by Gasteiger charge is 2.26. The van der Waals surface area contributed by atoms with Crippen LogP contribution in [0.3, 0.4) is 0 Å². The van der Waals surface area contributed by atoms with E-state index in [1.165, 1.54) is 90.1 Å². The van der Waals surface area contributed by atoms with Crippen molar-refractivity contribution >= 4 is 102 Å². The van der Waals surface area contributed by atoms with E-state index in [1.807, 2.05) is 22.7 Å². The summed E-state index contributed by atoms with van der Waals surface area (Å²) in [6.45, 7) is 0. The summed E-state index contributed by atoms with van der Waals surface area (Å²) in [5, 5.41) is 7.58. The van der Waals surface area contributed by atoms with Gasteiger partial charge in [0.25, 0.3) is 0 Å². The Bertz CT molecular complexity index is 3500. The highest BCUT2D eigenvalue weighted by atomic mass is 32.1. The van der Waals surface area contributed by atoms with Crippen LogP contribution < -0.4 is 4.90 Å². The van der Waals surface area contributed by atoms with Crippen LogP contribution in [-0.4, -0.2) is 4.57 Å². The van der Waals surface area contributed by atoms with Gasteiger partial charge in [-0.25, -0.2) is 0 Å². The topological polar surface area (TPSA) is 8.17 Å². The Morgan fingerprint density at radius 1 is 0.345 bits per heavy atom. The molecule has 0 N–H and O–H groups in total. The second-order valence-electron chi connectivity index (χ2n) is 14.9. The zero-order valence-corrected chi connectivity index (χ0v) is 33.0. The Balaban J connectivity index is 1.26. The van der Waals surface area contributed by atoms with E-state index in [2.05, 4.69) is 216 Å². The minimum Gasteiger partial charge on any atom is -0.308 e. The molecule has 12 aromatic rings. The molecule has 0 aliphatic heterocycles. The molecule has 0 aliphatic carbocycles. The Morgan fingerprint density at radius 3 is 1.72 bits per heavy atom. The van der Waals surface area contributed by atoms with Gasteiger partial charge in [-0.2, -0.15) is 0 Å². The number of para-hydroxylation sites is 2. The molecule has 0 aliphatic rings. The number of rotatable bonds is 6. The molecule has 0 spiro atoms. The number of fused-ring (bicyclic) bond motifs is 9. The van der Waals surface area contributed by atoms with Gasteiger partial charge in [-0.15, -0.1) is 22.7 Å². The average Bonchev–Trinajstić information content (AvgIpc) is 3.97. The quantitative estimate of drug-likeness (QED) is 0.163. The summed E-state index contributed by atoms with van der Waals surface area (Å²) in [6.07, 6.45) is 0. The van der Waals surface area contributed by atoms with Crippen molar-refractivity contribution in [3.05, 3.63) is 206 Å². The molecule has 0 fully saturated rings. The number of nitrogens with zero attached hydrogens (tertiary/aromatic N) is 2. The lowest BCUT2D eigenvalue weighted by Gasteiger charge is -2.27. The van der Waals surface area contributed by atoms with Crippen molar-refractivity contribution in [2.45, 2.75) is 0 Å². The SMILES string of the molecule is c1ccc(-c2cc(-c3ccccc3)c3c(c2)c2cccc(N(c4ccccc4)c4ccc5sc6ccccc6c5c4)c2n3-c2cccc3c2sc2ccccc23)cc1. The number of anilines is 3. The normalized spacial score (nSPS) is 11.8. The van der Waals surface area contributed by atoms with Gasteiger partial charge in [0.05, 0.1) is 27.1 Å². The predicted molar refractivity (Wildman–Crippen MR) is 252 cm³/mol. The van der Waals surface area contributed by atoms with Crippen molar-refractivity contribution in [2.24, 2.45) is 0 Å². The third-order valence-corrected chi connectivity index (χ3v) is 13.9. The first-order chi connectivity index (χ1) is 28.8. The fourth-order valence-electron chi connectivity index (χ4n) is 9.00. The molecule has 272 valence electrons. The molecule has 3 aromatic heterocycles. The summed E-state index contributed by atoms with van der Waals surface area (Å²) in [5.41, 5.74) is 11.7. The zero-order chi connectivity index (χ0) is 38.2. The van der Waals surface area contributed by atoms with Gasteiger partial charge in [0.2, 0.25) is 0 Å². The van der Waals surface area contributed by atoms with E-state index in [-0.39, 0.29) is 0 Å². The zero-order valence-electron chi connectivity index (χ0n) is 31.3. The molecule has 0 unspecified atom stereocenters. The molecule has 2 nitrogen and oxygen atoms in total. The van der Waals surface area contributed by atoms with Crippen molar-refractivity contribution < 1.29 is 0 Å². The summed E-state index contributed by atoms with van der Waals surface area (Å²) in [7, 11) is 0. The van der Waals surface area contributed by atoms with E-state index >= 15 is 0 Å². The predicted octanol–water partition coefficient (Wildman–Crippen LogP) is 16.3. The average molecular weight is 775 g/mol. The molecule has 9 aromatic carbocycles. The van der Waals surface area contributed by atoms with Gasteiger partial charge in [0.1, 0.15) is 0 Å². The Kier molecular flexibility index (Phi) is 7.62. The second-order valence-corrected chi connectivity index (χ2v) is 17.0. The van der Waals surface area contributed by atoms with Crippen molar-refractivity contribution in [1.82, 2.24) is 4.57 Å². The molecule has 12 rings (SSSR count). The molecule has 58 heavy (non-hydrogen) atoms. The van der Waals surface area contributed by atoms with E-state index in [1.54, 1.807) is 0 Å². The van der Waals surface area contributed by atoms with Crippen LogP contribution in [0.5, 0.6) is 0 Å². The fraction of sp³-hybridized carbons (Fsp3) is 0. The Labute approximate surface area is 343 Å². The lowest BCUT2D eigenvalue weighted by molar-refractivity contribution is 1.19. The fourth-order valence-corrected chi connectivity index (χ4v) is 11.3. The first kappa shape index (κ1) is 33.2. The van der Waals surface area contributed by atoms with E-state index in [9.17, 15) is 0 Å². The number of benzene rings is 9. The van der Waals surface area contributed by atoms with Crippen LogP contribution in [0.15, 0.2) is 206 Å². The molecule has 0 saturated heterocycles. The van der Waals surface area contributed by atoms with Crippen LogP contribution in [0.25, 0.3) is 90.1 Å². The van der Waals surface area contributed by atoms with E-state index < -0.39 is 0 Å². The highest BCUT2D eigenvalue weighted by Crippen LogP contribution is 2.49. The van der Waals surface area contributed by atoms with Gasteiger partial charge in [-0.3, -0.25) is 0 Å². The summed E-state index contributed by atoms with van der Waals surface area (Å²) in [4.78, 5) is 2.47. The third-order valence-electron chi connectivity index (χ3n) is 11.6. The smallest absolute Gasteiger partial charge is 0.0783 e. The van der Waals surface area contributed by atoms with Gasteiger partial charge in [0, 0.05) is 63.4 Å². The maximum atomic E-state index is 2.59. The molecule has 0 amide bonds. The first-order valence-electron chi connectivity index (χ1n) is 19.7. The van der Waals surface area contributed by atoms with Crippen LogP contribution >= 0.6 is 22.7 Å². The molecule has 0 atom stereocenters. The number of hydrogen-bond donors (Lipinski definition) is 0. The van der Waals surface area contributed by atoms with Crippen molar-refractivity contribution in [3.63, 3.8) is 0 Å². The summed E-state index contributed by atoms with van der Waals surface area (Å²) in [5.74, 6) is 0. The monoisotopic (exact) mass is 774 g/mol. The summed E-state index contributed by atoms with van der Waals surface area (Å²) < 4.78 is 7.76. The van der Waals surface area contributed by atoms with Crippen molar-refractivity contribution in [3.8, 4) is 27.9 Å². The minimum absolute atomic E-state index is 1.11. The second kappa shape index (κ2) is 13.3. The van der Waals surface area contributed by atoms with Crippen LogP contribution in [0, 0.1) is 0 Å². The van der Waals surface area contributed by atoms with E-state index in [0.29, 0.717) is 0 Å². The molecule has 3 heterocycles. The van der Waals surface area contributed by atoms with Gasteiger partial charge in [0.15, 0.2) is 0 Å². The van der Waals surface area contributed by atoms with Gasteiger partial charge < -0.3 is 9.47 Å². The van der Waals surface area contributed by atoms with Crippen molar-refractivity contribution in [1.29, 1.82) is 0 Å². The van der Waals surface area contributed by atoms with Crippen LogP contribution in [0.4, 0.5) is 17.1 Å². The number of thiophene rings is 2.